The molecule has 34 heavy (non-hydrogen) atoms. The van der Waals surface area contributed by atoms with Crippen LogP contribution in [0.5, 0.6) is 5.75 Å². The number of amides is 1. The van der Waals surface area contributed by atoms with E-state index in [2.05, 4.69) is 20.9 Å². The Balaban J connectivity index is 1.68. The highest BCUT2D eigenvalue weighted by molar-refractivity contribution is 7.92. The number of hydrogen-bond acceptors (Lipinski definition) is 5. The van der Waals surface area contributed by atoms with Gasteiger partial charge in [0.25, 0.3) is 15.9 Å². The first-order valence-electron chi connectivity index (χ1n) is 9.86. The van der Waals surface area contributed by atoms with E-state index in [4.69, 9.17) is 40.2 Å². The van der Waals surface area contributed by atoms with E-state index in [9.17, 15) is 13.2 Å². The number of sulfonamides is 1. The standard InChI is InChI=1S/C22H20Cl2N4O4S2/c1-2-32-15-8-10-16(11-9-15)34(30,31)28-19-6-4-3-5-17(19)21(29)26-27-22(33)25-20-12-7-14(23)13-18(20)24/h3-13,28H,2H2,1H3,(H,26,29)(H2,25,27,33). The van der Waals surface area contributed by atoms with Gasteiger partial charge in [0, 0.05) is 5.02 Å². The van der Waals surface area contributed by atoms with E-state index in [1.165, 1.54) is 24.3 Å². The van der Waals surface area contributed by atoms with Crippen LogP contribution in [0.1, 0.15) is 17.3 Å². The quantitative estimate of drug-likeness (QED) is 0.252. The zero-order valence-corrected chi connectivity index (χ0v) is 20.9. The van der Waals surface area contributed by atoms with Crippen molar-refractivity contribution < 1.29 is 17.9 Å². The van der Waals surface area contributed by atoms with Crippen molar-refractivity contribution in [2.75, 3.05) is 16.6 Å². The van der Waals surface area contributed by atoms with Gasteiger partial charge in [0.1, 0.15) is 5.75 Å². The number of nitrogens with one attached hydrogen (secondary N) is 4. The molecule has 0 aliphatic rings. The Labute approximate surface area is 212 Å². The SMILES string of the molecule is CCOc1ccc(S(=O)(=O)Nc2ccccc2C(=O)NNC(=S)Nc2ccc(Cl)cc2Cl)cc1. The first-order valence-corrected chi connectivity index (χ1v) is 12.5. The van der Waals surface area contributed by atoms with Crippen LogP contribution in [0.3, 0.4) is 0 Å². The van der Waals surface area contributed by atoms with Crippen LogP contribution < -0.4 is 25.6 Å². The number of carbonyl (C=O) groups is 1. The van der Waals surface area contributed by atoms with Gasteiger partial charge in [0.05, 0.1) is 33.5 Å². The third-order valence-corrected chi connectivity index (χ3v) is 6.46. The summed E-state index contributed by atoms with van der Waals surface area (Å²) < 4.78 is 33.4. The number of thiocarbonyl (C=S) groups is 1. The van der Waals surface area contributed by atoms with Crippen molar-refractivity contribution in [1.82, 2.24) is 10.9 Å². The Kier molecular flexibility index (Phi) is 8.56. The second-order valence-corrected chi connectivity index (χ2v) is 9.65. The highest BCUT2D eigenvalue weighted by atomic mass is 35.5. The van der Waals surface area contributed by atoms with Crippen molar-refractivity contribution in [2.24, 2.45) is 0 Å². The van der Waals surface area contributed by atoms with Gasteiger partial charge in [-0.1, -0.05) is 35.3 Å². The summed E-state index contributed by atoms with van der Waals surface area (Å²) in [6.07, 6.45) is 0. The van der Waals surface area contributed by atoms with Gasteiger partial charge in [-0.2, -0.15) is 0 Å². The van der Waals surface area contributed by atoms with E-state index in [-0.39, 0.29) is 21.3 Å². The van der Waals surface area contributed by atoms with Crippen LogP contribution >= 0.6 is 35.4 Å². The summed E-state index contributed by atoms with van der Waals surface area (Å²) >= 11 is 17.1. The molecule has 12 heteroatoms. The lowest BCUT2D eigenvalue weighted by Gasteiger charge is -2.15. The number of para-hydroxylation sites is 1. The number of anilines is 2. The Bertz CT molecular complexity index is 1300. The van der Waals surface area contributed by atoms with E-state index in [1.807, 2.05) is 6.92 Å². The number of ether oxygens (including phenoxy) is 1. The van der Waals surface area contributed by atoms with Gasteiger partial charge in [0.2, 0.25) is 0 Å². The zero-order chi connectivity index (χ0) is 24.7. The molecule has 0 fully saturated rings. The van der Waals surface area contributed by atoms with Crippen molar-refractivity contribution >= 4 is 67.8 Å². The molecule has 0 atom stereocenters. The largest absolute Gasteiger partial charge is 0.494 e. The summed E-state index contributed by atoms with van der Waals surface area (Å²) in [6.45, 7) is 2.30. The molecule has 178 valence electrons. The van der Waals surface area contributed by atoms with Crippen LogP contribution in [-0.2, 0) is 10.0 Å². The number of halogens is 2. The minimum absolute atomic E-state index is 0.0227. The van der Waals surface area contributed by atoms with Gasteiger partial charge < -0.3 is 10.1 Å². The molecule has 0 unspecified atom stereocenters. The van der Waals surface area contributed by atoms with E-state index >= 15 is 0 Å². The summed E-state index contributed by atoms with van der Waals surface area (Å²) in [5, 5.41) is 3.69. The minimum Gasteiger partial charge on any atom is -0.494 e. The van der Waals surface area contributed by atoms with E-state index in [0.717, 1.165) is 0 Å². The summed E-state index contributed by atoms with van der Waals surface area (Å²) in [6, 6.07) is 16.9. The fourth-order valence-electron chi connectivity index (χ4n) is 2.78. The predicted octanol–water partition coefficient (Wildman–Crippen LogP) is 4.82. The molecule has 3 aromatic carbocycles. The smallest absolute Gasteiger partial charge is 0.271 e. The summed E-state index contributed by atoms with van der Waals surface area (Å²) in [4.78, 5) is 12.7. The maximum atomic E-state index is 12.8. The van der Waals surface area contributed by atoms with Crippen molar-refractivity contribution in [3.8, 4) is 5.75 Å². The molecule has 0 aliphatic heterocycles. The van der Waals surface area contributed by atoms with Crippen LogP contribution in [-0.4, -0.2) is 26.0 Å². The monoisotopic (exact) mass is 538 g/mol. The molecule has 3 rings (SSSR count). The molecule has 3 aromatic rings. The second-order valence-electron chi connectivity index (χ2n) is 6.71. The molecule has 1 amide bonds. The summed E-state index contributed by atoms with van der Waals surface area (Å²) in [5.74, 6) is -0.0619. The van der Waals surface area contributed by atoms with Gasteiger partial charge >= 0.3 is 0 Å². The highest BCUT2D eigenvalue weighted by Crippen LogP contribution is 2.25. The number of benzene rings is 3. The first-order chi connectivity index (χ1) is 16.2. The lowest BCUT2D eigenvalue weighted by Crippen LogP contribution is -2.44. The average Bonchev–Trinajstić information content (AvgIpc) is 2.80. The van der Waals surface area contributed by atoms with E-state index < -0.39 is 15.9 Å². The minimum atomic E-state index is -3.95. The molecule has 0 aromatic heterocycles. The third-order valence-electron chi connectivity index (χ3n) is 4.33. The van der Waals surface area contributed by atoms with Crippen LogP contribution in [0.25, 0.3) is 0 Å². The topological polar surface area (TPSA) is 109 Å². The molecule has 4 N–H and O–H groups in total. The van der Waals surface area contributed by atoms with Gasteiger partial charge in [-0.05, 0) is 73.7 Å². The fourth-order valence-corrected chi connectivity index (χ4v) is 4.48. The molecule has 0 saturated carbocycles. The molecule has 0 saturated heterocycles. The Hall–Kier alpha value is -3.05. The number of hydrogen-bond donors (Lipinski definition) is 4. The maximum absolute atomic E-state index is 12.8. The third kappa shape index (κ3) is 6.73. The molecule has 0 heterocycles. The molecule has 8 nitrogen and oxygen atoms in total. The Morgan fingerprint density at radius 3 is 2.35 bits per heavy atom. The summed E-state index contributed by atoms with van der Waals surface area (Å²) in [7, 11) is -3.95. The Morgan fingerprint density at radius 2 is 1.68 bits per heavy atom. The van der Waals surface area contributed by atoms with E-state index in [1.54, 1.807) is 42.5 Å². The summed E-state index contributed by atoms with van der Waals surface area (Å²) in [5.41, 5.74) is 5.63. The molecular formula is C22H20Cl2N4O4S2. The molecule has 0 bridgehead atoms. The van der Waals surface area contributed by atoms with Gasteiger partial charge in [0.15, 0.2) is 5.11 Å². The predicted molar refractivity (Wildman–Crippen MR) is 138 cm³/mol. The van der Waals surface area contributed by atoms with Crippen molar-refractivity contribution in [3.05, 3.63) is 82.3 Å². The van der Waals surface area contributed by atoms with Crippen molar-refractivity contribution in [1.29, 1.82) is 0 Å². The molecule has 0 spiro atoms. The maximum Gasteiger partial charge on any atom is 0.271 e. The van der Waals surface area contributed by atoms with Crippen LogP contribution in [0.2, 0.25) is 10.0 Å². The second kappa shape index (κ2) is 11.4. The van der Waals surface area contributed by atoms with Gasteiger partial charge in [-0.15, -0.1) is 0 Å². The molecule has 0 radical (unpaired) electrons. The van der Waals surface area contributed by atoms with Gasteiger partial charge in [-0.3, -0.25) is 20.4 Å². The molecule has 0 aliphatic carbocycles. The number of hydrazine groups is 1. The fraction of sp³-hybridized carbons (Fsp3) is 0.0909. The van der Waals surface area contributed by atoms with E-state index in [0.29, 0.717) is 28.1 Å². The van der Waals surface area contributed by atoms with Gasteiger partial charge in [-0.25, -0.2) is 8.42 Å². The van der Waals surface area contributed by atoms with Crippen molar-refractivity contribution in [3.63, 3.8) is 0 Å². The zero-order valence-electron chi connectivity index (χ0n) is 17.8. The van der Waals surface area contributed by atoms with Crippen LogP contribution in [0.4, 0.5) is 11.4 Å². The van der Waals surface area contributed by atoms with Crippen LogP contribution in [0, 0.1) is 0 Å². The molecular weight excluding hydrogens is 519 g/mol. The van der Waals surface area contributed by atoms with Crippen LogP contribution in [0.15, 0.2) is 71.6 Å². The lowest BCUT2D eigenvalue weighted by molar-refractivity contribution is 0.0945. The number of carbonyl (C=O) groups excluding carboxylic acids is 1. The normalized spacial score (nSPS) is 10.8. The van der Waals surface area contributed by atoms with Crippen molar-refractivity contribution in [2.45, 2.75) is 11.8 Å². The first kappa shape index (κ1) is 25.6. The Morgan fingerprint density at radius 1 is 0.971 bits per heavy atom. The lowest BCUT2D eigenvalue weighted by atomic mass is 10.2. The average molecular weight is 539 g/mol. The highest BCUT2D eigenvalue weighted by Gasteiger charge is 2.19. The number of rotatable bonds is 7.